The van der Waals surface area contributed by atoms with Gasteiger partial charge in [-0.15, -0.1) is 0 Å². The first-order valence-corrected chi connectivity index (χ1v) is 9.04. The number of carboxylic acid groups (broad SMARTS) is 1. The molecular weight excluding hydrogens is 352 g/mol. The molecule has 5 nitrogen and oxygen atoms in total. The van der Waals surface area contributed by atoms with Crippen LogP contribution in [0.4, 0.5) is 5.69 Å². The van der Waals surface area contributed by atoms with Crippen LogP contribution in [0.2, 0.25) is 5.02 Å². The van der Waals surface area contributed by atoms with Gasteiger partial charge in [0, 0.05) is 18.1 Å². The molecule has 0 aromatic heterocycles. The fraction of sp³-hybridized carbons (Fsp3) is 0.350. The molecular formula is C20H25ClN2O3. The van der Waals surface area contributed by atoms with Crippen LogP contribution in [0.1, 0.15) is 36.1 Å². The molecule has 26 heavy (non-hydrogen) atoms. The van der Waals surface area contributed by atoms with Crippen molar-refractivity contribution in [3.05, 3.63) is 64.2 Å². The lowest BCUT2D eigenvalue weighted by molar-refractivity contribution is -0.136. The SMILES string of the molecule is CCCN(NC[C@H](O)c1cccc(Cl)c1)c1ccc(CC(=O)O)cc1C. The highest BCUT2D eigenvalue weighted by atomic mass is 35.5. The average Bonchev–Trinajstić information content (AvgIpc) is 2.58. The third kappa shape index (κ3) is 5.73. The van der Waals surface area contributed by atoms with Crippen LogP contribution in [-0.4, -0.2) is 29.3 Å². The summed E-state index contributed by atoms with van der Waals surface area (Å²) in [7, 11) is 0. The molecule has 0 heterocycles. The molecule has 0 fully saturated rings. The highest BCUT2D eigenvalue weighted by molar-refractivity contribution is 6.30. The van der Waals surface area contributed by atoms with Gasteiger partial charge in [0.05, 0.1) is 18.2 Å². The van der Waals surface area contributed by atoms with Crippen LogP contribution < -0.4 is 10.4 Å². The number of rotatable bonds is 9. The molecule has 6 heteroatoms. The zero-order valence-electron chi connectivity index (χ0n) is 15.1. The number of carbonyl (C=O) groups is 1. The molecule has 0 aliphatic carbocycles. The maximum Gasteiger partial charge on any atom is 0.307 e. The van der Waals surface area contributed by atoms with E-state index in [1.807, 2.05) is 42.3 Å². The van der Waals surface area contributed by atoms with E-state index in [4.69, 9.17) is 16.7 Å². The van der Waals surface area contributed by atoms with E-state index in [9.17, 15) is 9.90 Å². The number of hydrazine groups is 1. The Labute approximate surface area is 159 Å². The van der Waals surface area contributed by atoms with Gasteiger partial charge in [-0.3, -0.25) is 4.79 Å². The van der Waals surface area contributed by atoms with Crippen LogP contribution in [0.25, 0.3) is 0 Å². The quantitative estimate of drug-likeness (QED) is 0.581. The molecule has 2 aromatic rings. The minimum Gasteiger partial charge on any atom is -0.481 e. The van der Waals surface area contributed by atoms with Crippen molar-refractivity contribution in [2.24, 2.45) is 0 Å². The second kappa shape index (κ2) is 9.57. The van der Waals surface area contributed by atoms with Gasteiger partial charge < -0.3 is 15.2 Å². The lowest BCUT2D eigenvalue weighted by Gasteiger charge is -2.28. The van der Waals surface area contributed by atoms with E-state index in [1.54, 1.807) is 12.1 Å². The van der Waals surface area contributed by atoms with Crippen molar-refractivity contribution in [3.8, 4) is 0 Å². The molecule has 0 aliphatic heterocycles. The van der Waals surface area contributed by atoms with E-state index >= 15 is 0 Å². The number of carboxylic acids is 1. The fourth-order valence-electron chi connectivity index (χ4n) is 2.84. The topological polar surface area (TPSA) is 72.8 Å². The number of aliphatic hydroxyl groups is 1. The van der Waals surface area contributed by atoms with Gasteiger partial charge in [0.2, 0.25) is 0 Å². The molecule has 2 rings (SSSR count). The maximum atomic E-state index is 10.9. The normalized spacial score (nSPS) is 12.0. The van der Waals surface area contributed by atoms with Gasteiger partial charge in [-0.2, -0.15) is 0 Å². The molecule has 0 spiro atoms. The molecule has 0 radical (unpaired) electrons. The number of benzene rings is 2. The van der Waals surface area contributed by atoms with Gasteiger partial charge >= 0.3 is 5.97 Å². The monoisotopic (exact) mass is 376 g/mol. The number of aryl methyl sites for hydroxylation is 1. The summed E-state index contributed by atoms with van der Waals surface area (Å²) < 4.78 is 0. The summed E-state index contributed by atoms with van der Waals surface area (Å²) in [4.78, 5) is 10.9. The van der Waals surface area contributed by atoms with Crippen LogP contribution in [-0.2, 0) is 11.2 Å². The zero-order chi connectivity index (χ0) is 19.1. The summed E-state index contributed by atoms with van der Waals surface area (Å²) in [5, 5.41) is 21.9. The first-order valence-electron chi connectivity index (χ1n) is 8.66. The van der Waals surface area contributed by atoms with Gasteiger partial charge in [-0.25, -0.2) is 5.43 Å². The molecule has 0 bridgehead atoms. The largest absolute Gasteiger partial charge is 0.481 e. The van der Waals surface area contributed by atoms with E-state index in [2.05, 4.69) is 12.3 Å². The molecule has 3 N–H and O–H groups in total. The Morgan fingerprint density at radius 2 is 2.04 bits per heavy atom. The number of nitrogens with one attached hydrogen (secondary N) is 1. The molecule has 0 aliphatic rings. The van der Waals surface area contributed by atoms with Gasteiger partial charge in [-0.1, -0.05) is 42.8 Å². The molecule has 0 amide bonds. The second-order valence-corrected chi connectivity index (χ2v) is 6.71. The molecule has 0 saturated carbocycles. The van der Waals surface area contributed by atoms with Gasteiger partial charge in [-0.05, 0) is 48.2 Å². The van der Waals surface area contributed by atoms with E-state index in [-0.39, 0.29) is 6.42 Å². The van der Waals surface area contributed by atoms with E-state index in [0.717, 1.165) is 35.3 Å². The highest BCUT2D eigenvalue weighted by Gasteiger charge is 2.13. The Hall–Kier alpha value is -2.08. The minimum atomic E-state index is -0.842. The van der Waals surface area contributed by atoms with E-state index in [1.165, 1.54) is 0 Å². The molecule has 140 valence electrons. The van der Waals surface area contributed by atoms with Crippen molar-refractivity contribution in [2.75, 3.05) is 18.1 Å². The predicted octanol–water partition coefficient (Wildman–Crippen LogP) is 3.73. The number of hydrogen-bond donors (Lipinski definition) is 3. The van der Waals surface area contributed by atoms with Crippen molar-refractivity contribution < 1.29 is 15.0 Å². The molecule has 2 aromatic carbocycles. The third-order valence-corrected chi connectivity index (χ3v) is 4.30. The molecule has 1 atom stereocenters. The van der Waals surface area contributed by atoms with Crippen molar-refractivity contribution >= 4 is 23.3 Å². The Kier molecular flexibility index (Phi) is 7.45. The second-order valence-electron chi connectivity index (χ2n) is 6.28. The van der Waals surface area contributed by atoms with Crippen molar-refractivity contribution in [1.29, 1.82) is 0 Å². The standard InChI is InChI=1S/C20H25ClN2O3/c1-3-9-23(18-8-7-15(10-14(18)2)11-20(25)26)22-13-19(24)16-5-4-6-17(21)12-16/h4-8,10,12,19,22,24H,3,9,11,13H2,1-2H3,(H,25,26)/t19-/m0/s1. The number of hydrogen-bond acceptors (Lipinski definition) is 4. The molecule has 0 saturated heterocycles. The van der Waals surface area contributed by atoms with E-state index in [0.29, 0.717) is 11.6 Å². The van der Waals surface area contributed by atoms with Gasteiger partial charge in [0.1, 0.15) is 0 Å². The number of anilines is 1. The first-order chi connectivity index (χ1) is 12.4. The Balaban J connectivity index is 2.09. The third-order valence-electron chi connectivity index (χ3n) is 4.06. The van der Waals surface area contributed by atoms with Crippen LogP contribution in [0.3, 0.4) is 0 Å². The lowest BCUT2D eigenvalue weighted by atomic mass is 10.1. The number of nitrogens with zero attached hydrogens (tertiary/aromatic N) is 1. The van der Waals surface area contributed by atoms with Gasteiger partial charge in [0.15, 0.2) is 0 Å². The highest BCUT2D eigenvalue weighted by Crippen LogP contribution is 2.22. The average molecular weight is 377 g/mol. The zero-order valence-corrected chi connectivity index (χ0v) is 15.8. The van der Waals surface area contributed by atoms with Gasteiger partial charge in [0.25, 0.3) is 0 Å². The van der Waals surface area contributed by atoms with Crippen molar-refractivity contribution in [3.63, 3.8) is 0 Å². The summed E-state index contributed by atoms with van der Waals surface area (Å²) in [5.74, 6) is -0.842. The molecule has 0 unspecified atom stereocenters. The first kappa shape index (κ1) is 20.2. The van der Waals surface area contributed by atoms with Crippen molar-refractivity contribution in [1.82, 2.24) is 5.43 Å². The maximum absolute atomic E-state index is 10.9. The Bertz CT molecular complexity index is 752. The number of aliphatic hydroxyl groups excluding tert-OH is 1. The van der Waals surface area contributed by atoms with Crippen molar-refractivity contribution in [2.45, 2.75) is 32.8 Å². The number of halogens is 1. The summed E-state index contributed by atoms with van der Waals surface area (Å²) in [6.07, 6.45) is 0.256. The fourth-order valence-corrected chi connectivity index (χ4v) is 3.04. The lowest BCUT2D eigenvalue weighted by Crippen LogP contribution is -2.41. The summed E-state index contributed by atoms with van der Waals surface area (Å²) in [6.45, 7) is 5.15. The van der Waals surface area contributed by atoms with Crippen LogP contribution in [0, 0.1) is 6.92 Å². The van der Waals surface area contributed by atoms with Crippen LogP contribution in [0.15, 0.2) is 42.5 Å². The minimum absolute atomic E-state index is 0.00973. The summed E-state index contributed by atoms with van der Waals surface area (Å²) in [5.41, 5.74) is 6.77. The Morgan fingerprint density at radius 3 is 2.65 bits per heavy atom. The summed E-state index contributed by atoms with van der Waals surface area (Å²) in [6, 6.07) is 12.8. The van der Waals surface area contributed by atoms with Crippen LogP contribution in [0.5, 0.6) is 0 Å². The van der Waals surface area contributed by atoms with Crippen LogP contribution >= 0.6 is 11.6 Å². The Morgan fingerprint density at radius 1 is 1.27 bits per heavy atom. The smallest absolute Gasteiger partial charge is 0.307 e. The number of aliphatic carboxylic acids is 1. The summed E-state index contributed by atoms with van der Waals surface area (Å²) >= 11 is 5.99. The predicted molar refractivity (Wildman–Crippen MR) is 105 cm³/mol. The van der Waals surface area contributed by atoms with E-state index < -0.39 is 12.1 Å².